The van der Waals surface area contributed by atoms with Gasteiger partial charge in [-0.05, 0) is 19.3 Å². The molecule has 1 aliphatic carbocycles. The van der Waals surface area contributed by atoms with E-state index in [1.54, 1.807) is 0 Å². The zero-order valence-corrected chi connectivity index (χ0v) is 8.14. The van der Waals surface area contributed by atoms with E-state index in [9.17, 15) is 13.2 Å². The highest BCUT2D eigenvalue weighted by atomic mass is 19.4. The Morgan fingerprint density at radius 2 is 2.07 bits per heavy atom. The molecule has 6 heteroatoms. The summed E-state index contributed by atoms with van der Waals surface area (Å²) in [6, 6.07) is 0. The van der Waals surface area contributed by atoms with Crippen molar-refractivity contribution in [3.05, 3.63) is 17.0 Å². The molecular weight excluding hydrogens is 207 g/mol. The lowest BCUT2D eigenvalue weighted by Crippen LogP contribution is -2.15. The van der Waals surface area contributed by atoms with Crippen molar-refractivity contribution in [3.8, 4) is 0 Å². The van der Waals surface area contributed by atoms with Crippen LogP contribution in [-0.2, 0) is 25.6 Å². The van der Waals surface area contributed by atoms with Gasteiger partial charge in [-0.25, -0.2) is 0 Å². The summed E-state index contributed by atoms with van der Waals surface area (Å²) in [6.45, 7) is 0.670. The lowest BCUT2D eigenvalue weighted by molar-refractivity contribution is -0.142. The van der Waals surface area contributed by atoms with E-state index in [1.165, 1.54) is 4.68 Å². The maximum Gasteiger partial charge on any atom is 0.435 e. The van der Waals surface area contributed by atoms with Crippen LogP contribution in [0.25, 0.3) is 0 Å². The lowest BCUT2D eigenvalue weighted by atomic mass is 10.2. The molecule has 0 amide bonds. The second-order valence-electron chi connectivity index (χ2n) is 3.64. The van der Waals surface area contributed by atoms with Crippen molar-refractivity contribution >= 4 is 0 Å². The maximum atomic E-state index is 12.6. The highest BCUT2D eigenvalue weighted by Gasteiger charge is 2.39. The molecular formula is C9H12F3N3. The van der Waals surface area contributed by atoms with Gasteiger partial charge in [-0.15, -0.1) is 0 Å². The Bertz CT molecular complexity index is 367. The smallest absolute Gasteiger partial charge is 0.329 e. The third kappa shape index (κ3) is 1.73. The summed E-state index contributed by atoms with van der Waals surface area (Å²) in [5, 5.41) is 3.60. The van der Waals surface area contributed by atoms with Gasteiger partial charge in [0.05, 0.1) is 6.54 Å². The number of halogens is 3. The van der Waals surface area contributed by atoms with Gasteiger partial charge in [-0.1, -0.05) is 0 Å². The molecule has 2 N–H and O–H groups in total. The van der Waals surface area contributed by atoms with Crippen molar-refractivity contribution in [3.63, 3.8) is 0 Å². The molecule has 0 saturated heterocycles. The van der Waals surface area contributed by atoms with Crippen LogP contribution in [0, 0.1) is 0 Å². The minimum atomic E-state index is -4.34. The molecule has 2 rings (SSSR count). The number of fused-ring (bicyclic) bond motifs is 1. The molecule has 0 aliphatic heterocycles. The molecule has 0 radical (unpaired) electrons. The Labute approximate surface area is 85.1 Å². The van der Waals surface area contributed by atoms with Crippen molar-refractivity contribution in [2.75, 3.05) is 6.54 Å². The first-order valence-electron chi connectivity index (χ1n) is 4.90. The van der Waals surface area contributed by atoms with E-state index in [1.807, 2.05) is 0 Å². The Morgan fingerprint density at radius 1 is 1.33 bits per heavy atom. The molecule has 84 valence electrons. The molecule has 0 spiro atoms. The topological polar surface area (TPSA) is 43.8 Å². The van der Waals surface area contributed by atoms with Gasteiger partial charge in [-0.3, -0.25) is 4.68 Å². The minimum Gasteiger partial charge on any atom is -0.329 e. The van der Waals surface area contributed by atoms with Gasteiger partial charge in [-0.2, -0.15) is 18.3 Å². The predicted octanol–water partition coefficient (Wildman–Crippen LogP) is 1.35. The first-order valence-corrected chi connectivity index (χ1v) is 4.90. The summed E-state index contributed by atoms with van der Waals surface area (Å²) < 4.78 is 39.2. The summed E-state index contributed by atoms with van der Waals surface area (Å²) in [4.78, 5) is 0. The molecule has 0 aromatic carbocycles. The number of nitrogens with zero attached hydrogens (tertiary/aromatic N) is 2. The largest absolute Gasteiger partial charge is 0.435 e. The Hall–Kier alpha value is -1.04. The molecule has 1 heterocycles. The number of hydrogen-bond donors (Lipinski definition) is 1. The number of hydrogen-bond acceptors (Lipinski definition) is 2. The fourth-order valence-electron chi connectivity index (χ4n) is 2.04. The zero-order chi connectivity index (χ0) is 11.1. The van der Waals surface area contributed by atoms with Gasteiger partial charge in [0.15, 0.2) is 5.69 Å². The highest BCUT2D eigenvalue weighted by molar-refractivity contribution is 5.32. The monoisotopic (exact) mass is 219 g/mol. The van der Waals surface area contributed by atoms with Gasteiger partial charge < -0.3 is 5.73 Å². The van der Waals surface area contributed by atoms with E-state index in [0.717, 1.165) is 6.42 Å². The van der Waals surface area contributed by atoms with Crippen LogP contribution in [0.15, 0.2) is 0 Å². The van der Waals surface area contributed by atoms with Crippen LogP contribution < -0.4 is 5.73 Å². The van der Waals surface area contributed by atoms with Gasteiger partial charge in [0.2, 0.25) is 0 Å². The van der Waals surface area contributed by atoms with Crippen molar-refractivity contribution in [2.45, 2.75) is 32.0 Å². The number of alkyl halides is 3. The molecule has 0 unspecified atom stereocenters. The zero-order valence-electron chi connectivity index (χ0n) is 8.14. The van der Waals surface area contributed by atoms with Crippen molar-refractivity contribution in [1.82, 2.24) is 9.78 Å². The van der Waals surface area contributed by atoms with Crippen LogP contribution in [0.1, 0.15) is 23.4 Å². The fourth-order valence-corrected chi connectivity index (χ4v) is 2.04. The summed E-state index contributed by atoms with van der Waals surface area (Å²) in [5.41, 5.74) is 5.70. The van der Waals surface area contributed by atoms with E-state index in [-0.39, 0.29) is 0 Å². The fraction of sp³-hybridized carbons (Fsp3) is 0.667. The molecule has 0 saturated carbocycles. The van der Waals surface area contributed by atoms with E-state index in [2.05, 4.69) is 5.10 Å². The number of rotatable bonds is 2. The van der Waals surface area contributed by atoms with Crippen LogP contribution in [0.2, 0.25) is 0 Å². The van der Waals surface area contributed by atoms with Crippen LogP contribution in [0.3, 0.4) is 0 Å². The Kier molecular flexibility index (Phi) is 2.46. The molecule has 15 heavy (non-hydrogen) atoms. The minimum absolute atomic E-state index is 0.311. The maximum absolute atomic E-state index is 12.6. The molecule has 0 atom stereocenters. The summed E-state index contributed by atoms with van der Waals surface area (Å²) in [6.07, 6.45) is -2.40. The van der Waals surface area contributed by atoms with Crippen LogP contribution >= 0.6 is 0 Å². The molecule has 1 aromatic rings. The van der Waals surface area contributed by atoms with Gasteiger partial charge in [0.25, 0.3) is 0 Å². The summed E-state index contributed by atoms with van der Waals surface area (Å²) in [5.74, 6) is 0. The van der Waals surface area contributed by atoms with Crippen LogP contribution in [-0.4, -0.2) is 16.3 Å². The Morgan fingerprint density at radius 3 is 2.67 bits per heavy atom. The summed E-state index contributed by atoms with van der Waals surface area (Å²) >= 11 is 0. The third-order valence-corrected chi connectivity index (χ3v) is 2.62. The van der Waals surface area contributed by atoms with E-state index < -0.39 is 11.9 Å². The van der Waals surface area contributed by atoms with E-state index in [4.69, 9.17) is 5.73 Å². The second-order valence-corrected chi connectivity index (χ2v) is 3.64. The van der Waals surface area contributed by atoms with Crippen molar-refractivity contribution in [2.24, 2.45) is 5.73 Å². The molecule has 1 aliphatic rings. The van der Waals surface area contributed by atoms with Crippen LogP contribution in [0.4, 0.5) is 13.2 Å². The quantitative estimate of drug-likeness (QED) is 0.815. The predicted molar refractivity (Wildman–Crippen MR) is 48.3 cm³/mol. The van der Waals surface area contributed by atoms with Gasteiger partial charge >= 0.3 is 6.18 Å². The first kappa shape index (κ1) is 10.5. The lowest BCUT2D eigenvalue weighted by Gasteiger charge is -2.04. The van der Waals surface area contributed by atoms with Crippen LogP contribution in [0.5, 0.6) is 0 Å². The normalized spacial score (nSPS) is 15.7. The van der Waals surface area contributed by atoms with Crippen molar-refractivity contribution in [1.29, 1.82) is 0 Å². The number of nitrogens with two attached hydrogens (primary N) is 1. The third-order valence-electron chi connectivity index (χ3n) is 2.62. The SMILES string of the molecule is NCCn1nc(C(F)(F)F)c2c1CCC2. The molecule has 1 aromatic heterocycles. The molecule has 3 nitrogen and oxygen atoms in total. The highest BCUT2D eigenvalue weighted by Crippen LogP contribution is 2.36. The average molecular weight is 219 g/mol. The summed E-state index contributed by atoms with van der Waals surface area (Å²) in [7, 11) is 0. The average Bonchev–Trinajstić information content (AvgIpc) is 2.66. The second kappa shape index (κ2) is 3.52. The van der Waals surface area contributed by atoms with Crippen molar-refractivity contribution < 1.29 is 13.2 Å². The number of aromatic nitrogens is 2. The Balaban J connectivity index is 2.45. The molecule has 0 bridgehead atoms. The van der Waals surface area contributed by atoms with E-state index in [0.29, 0.717) is 37.2 Å². The van der Waals surface area contributed by atoms with Gasteiger partial charge in [0, 0.05) is 17.8 Å². The van der Waals surface area contributed by atoms with E-state index >= 15 is 0 Å². The standard InChI is InChI=1S/C9H12F3N3/c10-9(11,12)8-6-2-1-3-7(6)15(14-8)5-4-13/h1-5,13H2. The van der Waals surface area contributed by atoms with Gasteiger partial charge in [0.1, 0.15) is 0 Å². The molecule has 0 fully saturated rings. The first-order chi connectivity index (χ1) is 7.04.